The molecule has 0 amide bonds. The highest BCUT2D eigenvalue weighted by Crippen LogP contribution is 2.25. The van der Waals surface area contributed by atoms with Crippen LogP contribution in [0.25, 0.3) is 0 Å². The van der Waals surface area contributed by atoms with Crippen LogP contribution in [0.15, 0.2) is 52.8 Å². The Labute approximate surface area is 144 Å². The summed E-state index contributed by atoms with van der Waals surface area (Å²) < 4.78 is 15.4. The first kappa shape index (κ1) is 18.3. The van der Waals surface area contributed by atoms with E-state index in [4.69, 9.17) is 9.47 Å². The Morgan fingerprint density at radius 3 is 2.57 bits per heavy atom. The lowest BCUT2D eigenvalue weighted by Crippen LogP contribution is -2.35. The number of hydrogen-bond donors (Lipinski definition) is 0. The van der Waals surface area contributed by atoms with Crippen molar-refractivity contribution in [2.24, 2.45) is 0 Å². The Morgan fingerprint density at radius 1 is 1.17 bits per heavy atom. The first-order valence-corrected chi connectivity index (χ1v) is 12.4. The Morgan fingerprint density at radius 2 is 1.91 bits per heavy atom. The number of benzene rings is 1. The minimum atomic E-state index is -1.04. The fraction of sp³-hybridized carbons (Fsp3) is 0.471. The summed E-state index contributed by atoms with van der Waals surface area (Å²) in [5.74, 6) is 0. The van der Waals surface area contributed by atoms with Gasteiger partial charge in [-0.15, -0.1) is 0 Å². The molecule has 2 aromatic rings. The molecule has 126 valence electrons. The topological polar surface area (TPSA) is 27.3 Å². The van der Waals surface area contributed by atoms with Crippen molar-refractivity contribution < 1.29 is 14.0 Å². The molecular weight excluding hydrogens is 324 g/mol. The maximum absolute atomic E-state index is 5.90. The van der Waals surface area contributed by atoms with Crippen molar-refractivity contribution in [2.45, 2.75) is 49.2 Å². The molecule has 1 heterocycles. The van der Waals surface area contributed by atoms with Gasteiger partial charge in [0.1, 0.15) is 12.4 Å². The maximum Gasteiger partial charge on any atom is 0.326 e. The van der Waals surface area contributed by atoms with Gasteiger partial charge in [-0.1, -0.05) is 37.8 Å². The predicted octanol–water partition coefficient (Wildman–Crippen LogP) is 3.84. The van der Waals surface area contributed by atoms with Crippen LogP contribution < -0.4 is 4.57 Å². The first-order valence-electron chi connectivity index (χ1n) is 7.88. The van der Waals surface area contributed by atoms with E-state index in [1.54, 1.807) is 18.9 Å². The summed E-state index contributed by atoms with van der Waals surface area (Å²) in [6.45, 7) is 9.06. The molecule has 0 aliphatic rings. The predicted molar refractivity (Wildman–Crippen MR) is 96.3 cm³/mol. The van der Waals surface area contributed by atoms with Gasteiger partial charge < -0.3 is 9.47 Å². The van der Waals surface area contributed by atoms with Crippen LogP contribution in [0, 0.1) is 0 Å². The number of aromatic nitrogens is 2. The molecule has 0 atom stereocenters. The molecule has 2 rings (SSSR count). The second kappa shape index (κ2) is 8.68. The number of nitrogens with zero attached hydrogens (tertiary/aromatic N) is 2. The van der Waals surface area contributed by atoms with E-state index in [2.05, 4.69) is 59.2 Å². The van der Waals surface area contributed by atoms with Crippen molar-refractivity contribution >= 4 is 19.8 Å². The third kappa shape index (κ3) is 6.14. The average molecular weight is 352 g/mol. The summed E-state index contributed by atoms with van der Waals surface area (Å²) in [5.41, 5.74) is 0. The Hall–Kier alpha value is -1.08. The quantitative estimate of drug-likeness (QED) is 0.390. The molecule has 0 fully saturated rings. The van der Waals surface area contributed by atoms with Crippen molar-refractivity contribution in [3.8, 4) is 0 Å². The van der Waals surface area contributed by atoms with Crippen LogP contribution in [-0.4, -0.2) is 26.4 Å². The van der Waals surface area contributed by atoms with Crippen LogP contribution in [0.3, 0.4) is 0 Å². The van der Waals surface area contributed by atoms with Crippen molar-refractivity contribution in [2.75, 3.05) is 13.7 Å². The molecule has 0 unspecified atom stereocenters. The minimum absolute atomic E-state index is 0.539. The van der Waals surface area contributed by atoms with Gasteiger partial charge in [0, 0.05) is 26.7 Å². The number of hydrogen-bond acceptors (Lipinski definition) is 3. The van der Waals surface area contributed by atoms with Gasteiger partial charge in [0.15, 0.2) is 13.5 Å². The van der Waals surface area contributed by atoms with E-state index in [-0.39, 0.29) is 0 Å². The van der Waals surface area contributed by atoms with Crippen molar-refractivity contribution in [1.29, 1.82) is 0 Å². The molecule has 23 heavy (non-hydrogen) atoms. The molecule has 0 aliphatic heterocycles. The summed E-state index contributed by atoms with van der Waals surface area (Å²) in [5, 5.41) is 1.12. The van der Waals surface area contributed by atoms with E-state index in [9.17, 15) is 0 Å². The molecular formula is C17H27N2O2SSi+. The molecule has 0 radical (unpaired) electrons. The maximum atomic E-state index is 5.90. The Kier molecular flexibility index (Phi) is 6.89. The highest BCUT2D eigenvalue weighted by molar-refractivity contribution is 7.99. The van der Waals surface area contributed by atoms with Crippen LogP contribution in [0.4, 0.5) is 0 Å². The summed E-state index contributed by atoms with van der Waals surface area (Å²) in [4.78, 5) is 1.21. The molecule has 6 heteroatoms. The molecule has 0 saturated heterocycles. The zero-order valence-corrected chi connectivity index (χ0v) is 16.3. The highest BCUT2D eigenvalue weighted by Gasteiger charge is 2.19. The van der Waals surface area contributed by atoms with E-state index in [0.717, 1.165) is 11.8 Å². The lowest BCUT2D eigenvalue weighted by atomic mass is 10.4. The van der Waals surface area contributed by atoms with Gasteiger partial charge in [0.2, 0.25) is 0 Å². The zero-order valence-electron chi connectivity index (χ0n) is 14.5. The SMILES string of the molecule is COC[n+]1ccn(COCC[Si](C)(C)C)c1Sc1ccccc1. The molecule has 0 N–H and O–H groups in total. The van der Waals surface area contributed by atoms with Gasteiger partial charge in [0.25, 0.3) is 0 Å². The van der Waals surface area contributed by atoms with Crippen LogP contribution in [0.1, 0.15) is 0 Å². The van der Waals surface area contributed by atoms with Gasteiger partial charge in [-0.05, 0) is 29.9 Å². The van der Waals surface area contributed by atoms with Crippen LogP contribution in [0.2, 0.25) is 25.7 Å². The monoisotopic (exact) mass is 351 g/mol. The van der Waals surface area contributed by atoms with E-state index >= 15 is 0 Å². The van der Waals surface area contributed by atoms with Gasteiger partial charge in [-0.3, -0.25) is 0 Å². The van der Waals surface area contributed by atoms with Crippen molar-refractivity contribution in [3.63, 3.8) is 0 Å². The number of imidazole rings is 1. The number of methoxy groups -OCH3 is 1. The largest absolute Gasteiger partial charge is 0.345 e. The Bertz CT molecular complexity index is 596. The molecule has 0 aliphatic carbocycles. The number of rotatable bonds is 9. The van der Waals surface area contributed by atoms with E-state index in [0.29, 0.717) is 13.5 Å². The second-order valence-corrected chi connectivity index (χ2v) is 13.4. The second-order valence-electron chi connectivity index (χ2n) is 6.70. The van der Waals surface area contributed by atoms with Crippen molar-refractivity contribution in [3.05, 3.63) is 42.7 Å². The summed E-state index contributed by atoms with van der Waals surface area (Å²) in [6.07, 6.45) is 4.09. The molecule has 1 aromatic heterocycles. The molecule has 0 saturated carbocycles. The van der Waals surface area contributed by atoms with Crippen LogP contribution in [0.5, 0.6) is 0 Å². The first-order chi connectivity index (χ1) is 11.0. The molecule has 0 bridgehead atoms. The van der Waals surface area contributed by atoms with Gasteiger partial charge in [0.05, 0.1) is 0 Å². The van der Waals surface area contributed by atoms with Gasteiger partial charge in [-0.2, -0.15) is 9.13 Å². The fourth-order valence-electron chi connectivity index (χ4n) is 2.04. The molecule has 4 nitrogen and oxygen atoms in total. The third-order valence-corrected chi connectivity index (χ3v) is 6.23. The minimum Gasteiger partial charge on any atom is -0.345 e. The van der Waals surface area contributed by atoms with E-state index in [1.807, 2.05) is 12.3 Å². The Balaban J connectivity index is 2.04. The van der Waals surface area contributed by atoms with E-state index < -0.39 is 8.07 Å². The fourth-order valence-corrected chi connectivity index (χ4v) is 3.76. The average Bonchev–Trinajstić information content (AvgIpc) is 2.87. The third-order valence-electron chi connectivity index (χ3n) is 3.37. The summed E-state index contributed by atoms with van der Waals surface area (Å²) >= 11 is 1.73. The van der Waals surface area contributed by atoms with Crippen LogP contribution in [-0.2, 0) is 22.9 Å². The highest BCUT2D eigenvalue weighted by atomic mass is 32.2. The lowest BCUT2D eigenvalue weighted by Gasteiger charge is -2.14. The molecule has 1 aromatic carbocycles. The standard InChI is InChI=1S/C17H27N2O2SSi/c1-20-14-18-10-11-19(15-21-12-13-23(2,3)4)17(18)22-16-8-6-5-7-9-16/h5-11H,12-15H2,1-4H3/q+1. The number of ether oxygens (including phenoxy) is 2. The van der Waals surface area contributed by atoms with Gasteiger partial charge in [-0.25, -0.2) is 0 Å². The van der Waals surface area contributed by atoms with Crippen LogP contribution >= 0.6 is 11.8 Å². The zero-order chi connectivity index (χ0) is 16.7. The van der Waals surface area contributed by atoms with E-state index in [1.165, 1.54) is 10.9 Å². The molecule has 0 spiro atoms. The smallest absolute Gasteiger partial charge is 0.326 e. The normalized spacial score (nSPS) is 11.8. The summed E-state index contributed by atoms with van der Waals surface area (Å²) in [6, 6.07) is 11.6. The van der Waals surface area contributed by atoms with Crippen molar-refractivity contribution in [1.82, 2.24) is 4.57 Å². The summed E-state index contributed by atoms with van der Waals surface area (Å²) in [7, 11) is 0.672. The van der Waals surface area contributed by atoms with Gasteiger partial charge >= 0.3 is 5.16 Å². The lowest BCUT2D eigenvalue weighted by molar-refractivity contribution is -0.764.